The first kappa shape index (κ1) is 13.9. The highest BCUT2D eigenvalue weighted by atomic mass is 16.5. The van der Waals surface area contributed by atoms with Gasteiger partial charge in [0.1, 0.15) is 0 Å². The second-order valence-corrected chi connectivity index (χ2v) is 4.69. The van der Waals surface area contributed by atoms with Gasteiger partial charge in [0.25, 0.3) is 0 Å². The van der Waals surface area contributed by atoms with E-state index < -0.39 is 0 Å². The van der Waals surface area contributed by atoms with E-state index in [1.54, 1.807) is 0 Å². The zero-order valence-corrected chi connectivity index (χ0v) is 10.6. The van der Waals surface area contributed by atoms with Gasteiger partial charge in [-0.2, -0.15) is 0 Å². The predicted octanol–water partition coefficient (Wildman–Crippen LogP) is 0.458. The SMILES string of the molecule is CC1CC(NCCCOCCO)CCN1C. The minimum atomic E-state index is 0.125. The van der Waals surface area contributed by atoms with Gasteiger partial charge in [-0.25, -0.2) is 0 Å². The van der Waals surface area contributed by atoms with Crippen LogP contribution in [0, 0.1) is 0 Å². The van der Waals surface area contributed by atoms with Crippen LogP contribution in [-0.4, -0.2) is 62.0 Å². The topological polar surface area (TPSA) is 44.7 Å². The van der Waals surface area contributed by atoms with Crippen molar-refractivity contribution in [2.24, 2.45) is 0 Å². The molecule has 1 aliphatic heterocycles. The summed E-state index contributed by atoms with van der Waals surface area (Å²) >= 11 is 0. The Morgan fingerprint density at radius 2 is 2.25 bits per heavy atom. The molecule has 2 atom stereocenters. The van der Waals surface area contributed by atoms with Gasteiger partial charge >= 0.3 is 0 Å². The van der Waals surface area contributed by atoms with Crippen molar-refractivity contribution in [2.75, 3.05) is 40.0 Å². The van der Waals surface area contributed by atoms with Crippen LogP contribution in [0.25, 0.3) is 0 Å². The number of nitrogens with zero attached hydrogens (tertiary/aromatic N) is 1. The molecule has 1 heterocycles. The molecule has 4 nitrogen and oxygen atoms in total. The van der Waals surface area contributed by atoms with E-state index in [1.165, 1.54) is 19.4 Å². The summed E-state index contributed by atoms with van der Waals surface area (Å²) in [5.41, 5.74) is 0. The summed E-state index contributed by atoms with van der Waals surface area (Å²) in [4.78, 5) is 2.42. The average Bonchev–Trinajstić information content (AvgIpc) is 2.28. The molecule has 0 radical (unpaired) electrons. The third kappa shape index (κ3) is 5.25. The molecule has 0 bridgehead atoms. The third-order valence-electron chi connectivity index (χ3n) is 3.34. The van der Waals surface area contributed by atoms with Crippen LogP contribution in [0.4, 0.5) is 0 Å². The minimum absolute atomic E-state index is 0.125. The second kappa shape index (κ2) is 8.01. The molecule has 0 aromatic rings. The van der Waals surface area contributed by atoms with Crippen LogP contribution >= 0.6 is 0 Å². The number of aliphatic hydroxyl groups excluding tert-OH is 1. The highest BCUT2D eigenvalue weighted by molar-refractivity contribution is 4.80. The quantitative estimate of drug-likeness (QED) is 0.624. The molecule has 1 aliphatic rings. The van der Waals surface area contributed by atoms with Crippen LogP contribution in [0.5, 0.6) is 0 Å². The summed E-state index contributed by atoms with van der Waals surface area (Å²) in [5, 5.41) is 12.1. The molecule has 96 valence electrons. The second-order valence-electron chi connectivity index (χ2n) is 4.69. The Morgan fingerprint density at radius 3 is 2.94 bits per heavy atom. The van der Waals surface area contributed by atoms with Crippen molar-refractivity contribution in [3.63, 3.8) is 0 Å². The molecule has 2 N–H and O–H groups in total. The van der Waals surface area contributed by atoms with Gasteiger partial charge < -0.3 is 20.1 Å². The standard InChI is InChI=1S/C12H26N2O2/c1-11-10-12(4-6-14(11)2)13-5-3-8-16-9-7-15/h11-13,15H,3-10H2,1-2H3. The Bertz CT molecular complexity index is 178. The maximum absolute atomic E-state index is 8.54. The molecule has 0 saturated carbocycles. The molecule has 0 aromatic heterocycles. The summed E-state index contributed by atoms with van der Waals surface area (Å²) < 4.78 is 5.21. The van der Waals surface area contributed by atoms with Crippen molar-refractivity contribution < 1.29 is 9.84 Å². The van der Waals surface area contributed by atoms with Gasteiger partial charge in [0, 0.05) is 18.7 Å². The van der Waals surface area contributed by atoms with Gasteiger partial charge in [-0.1, -0.05) is 0 Å². The number of nitrogens with one attached hydrogen (secondary N) is 1. The first-order valence-electron chi connectivity index (χ1n) is 6.36. The van der Waals surface area contributed by atoms with Gasteiger partial charge in [0.05, 0.1) is 13.2 Å². The summed E-state index contributed by atoms with van der Waals surface area (Å²) in [6, 6.07) is 1.36. The molecule has 4 heteroatoms. The largest absolute Gasteiger partial charge is 0.394 e. The minimum Gasteiger partial charge on any atom is -0.394 e. The lowest BCUT2D eigenvalue weighted by molar-refractivity contribution is 0.0893. The molecule has 0 amide bonds. The summed E-state index contributed by atoms with van der Waals surface area (Å²) in [6.07, 6.45) is 3.52. The molecular formula is C12H26N2O2. The lowest BCUT2D eigenvalue weighted by Crippen LogP contribution is -2.45. The van der Waals surface area contributed by atoms with Crippen LogP contribution in [0.15, 0.2) is 0 Å². The van der Waals surface area contributed by atoms with E-state index >= 15 is 0 Å². The van der Waals surface area contributed by atoms with E-state index in [2.05, 4.69) is 24.2 Å². The van der Waals surface area contributed by atoms with E-state index in [0.29, 0.717) is 18.7 Å². The molecule has 0 aliphatic carbocycles. The molecule has 0 aromatic carbocycles. The van der Waals surface area contributed by atoms with Gasteiger partial charge in [-0.3, -0.25) is 0 Å². The van der Waals surface area contributed by atoms with Crippen LogP contribution in [0.3, 0.4) is 0 Å². The van der Waals surface area contributed by atoms with Crippen LogP contribution in [0.1, 0.15) is 26.2 Å². The highest BCUT2D eigenvalue weighted by Gasteiger charge is 2.21. The molecule has 0 spiro atoms. The monoisotopic (exact) mass is 230 g/mol. The van der Waals surface area contributed by atoms with Crippen LogP contribution < -0.4 is 5.32 Å². The molecule has 1 rings (SSSR count). The zero-order valence-electron chi connectivity index (χ0n) is 10.6. The van der Waals surface area contributed by atoms with Gasteiger partial charge in [-0.15, -0.1) is 0 Å². The summed E-state index contributed by atoms with van der Waals surface area (Å²) in [7, 11) is 2.20. The molecule has 1 fully saturated rings. The Labute approximate surface area is 99.0 Å². The number of piperidine rings is 1. The fourth-order valence-corrected chi connectivity index (χ4v) is 2.12. The summed E-state index contributed by atoms with van der Waals surface area (Å²) in [6.45, 7) is 5.84. The first-order chi connectivity index (χ1) is 7.74. The van der Waals surface area contributed by atoms with Crippen molar-refractivity contribution in [2.45, 2.75) is 38.3 Å². The molecular weight excluding hydrogens is 204 g/mol. The molecule has 2 unspecified atom stereocenters. The lowest BCUT2D eigenvalue weighted by atomic mass is 9.99. The smallest absolute Gasteiger partial charge is 0.0697 e. The van der Waals surface area contributed by atoms with Crippen molar-refractivity contribution in [3.05, 3.63) is 0 Å². The van der Waals surface area contributed by atoms with Crippen molar-refractivity contribution in [1.82, 2.24) is 10.2 Å². The fraction of sp³-hybridized carbons (Fsp3) is 1.00. The van der Waals surface area contributed by atoms with E-state index in [9.17, 15) is 0 Å². The number of hydrogen-bond donors (Lipinski definition) is 2. The van der Waals surface area contributed by atoms with Crippen molar-refractivity contribution >= 4 is 0 Å². The van der Waals surface area contributed by atoms with Gasteiger partial charge in [-0.05, 0) is 46.3 Å². The first-order valence-corrected chi connectivity index (χ1v) is 6.36. The highest BCUT2D eigenvalue weighted by Crippen LogP contribution is 2.14. The Hall–Kier alpha value is -0.160. The maximum Gasteiger partial charge on any atom is 0.0697 e. The predicted molar refractivity (Wildman–Crippen MR) is 65.6 cm³/mol. The van der Waals surface area contributed by atoms with Crippen molar-refractivity contribution in [1.29, 1.82) is 0 Å². The maximum atomic E-state index is 8.54. The average molecular weight is 230 g/mol. The Morgan fingerprint density at radius 1 is 1.44 bits per heavy atom. The van der Waals surface area contributed by atoms with Gasteiger partial charge in [0.2, 0.25) is 0 Å². The van der Waals surface area contributed by atoms with E-state index in [4.69, 9.17) is 9.84 Å². The van der Waals surface area contributed by atoms with Gasteiger partial charge in [0.15, 0.2) is 0 Å². The van der Waals surface area contributed by atoms with Crippen LogP contribution in [0.2, 0.25) is 0 Å². The lowest BCUT2D eigenvalue weighted by Gasteiger charge is -2.35. The molecule has 16 heavy (non-hydrogen) atoms. The number of hydrogen-bond acceptors (Lipinski definition) is 4. The number of ether oxygens (including phenoxy) is 1. The normalized spacial score (nSPS) is 27.2. The van der Waals surface area contributed by atoms with E-state index in [-0.39, 0.29) is 6.61 Å². The third-order valence-corrected chi connectivity index (χ3v) is 3.34. The number of aliphatic hydroxyl groups is 1. The summed E-state index contributed by atoms with van der Waals surface area (Å²) in [5.74, 6) is 0. The Balaban J connectivity index is 1.97. The number of likely N-dealkylation sites (tertiary alicyclic amines) is 1. The molecule has 1 saturated heterocycles. The van der Waals surface area contributed by atoms with Crippen LogP contribution in [-0.2, 0) is 4.74 Å². The fourth-order valence-electron chi connectivity index (χ4n) is 2.12. The Kier molecular flexibility index (Phi) is 6.96. The van der Waals surface area contributed by atoms with E-state index in [1.807, 2.05) is 0 Å². The van der Waals surface area contributed by atoms with Crippen molar-refractivity contribution in [3.8, 4) is 0 Å². The zero-order chi connectivity index (χ0) is 11.8. The number of rotatable bonds is 7. The van der Waals surface area contributed by atoms with E-state index in [0.717, 1.165) is 19.6 Å².